The second-order valence-electron chi connectivity index (χ2n) is 4.37. The van der Waals surface area contributed by atoms with Gasteiger partial charge in [-0.1, -0.05) is 34.8 Å². The lowest BCUT2D eigenvalue weighted by atomic mass is 10.2. The van der Waals surface area contributed by atoms with Crippen molar-refractivity contribution >= 4 is 40.5 Å². The number of nitrogens with one attached hydrogen (secondary N) is 1. The van der Waals surface area contributed by atoms with E-state index in [9.17, 15) is 0 Å². The lowest BCUT2D eigenvalue weighted by Gasteiger charge is -2.10. The molecule has 0 aliphatic carbocycles. The van der Waals surface area contributed by atoms with Gasteiger partial charge in [-0.25, -0.2) is 0 Å². The number of aromatic nitrogens is 2. The van der Waals surface area contributed by atoms with Gasteiger partial charge in [0.1, 0.15) is 0 Å². The van der Waals surface area contributed by atoms with Gasteiger partial charge in [-0.3, -0.25) is 4.68 Å². The molecule has 2 rings (SSSR count). The van der Waals surface area contributed by atoms with Gasteiger partial charge in [0.15, 0.2) is 0 Å². The highest BCUT2D eigenvalue weighted by Gasteiger charge is 2.11. The Kier molecular flexibility index (Phi) is 4.29. The highest BCUT2D eigenvalue weighted by molar-refractivity contribution is 6.44. The normalized spacial score (nSPS) is 10.8. The highest BCUT2D eigenvalue weighted by atomic mass is 35.5. The molecule has 3 nitrogen and oxygen atoms in total. The second-order valence-corrected chi connectivity index (χ2v) is 5.59. The Morgan fingerprint density at radius 1 is 1.11 bits per heavy atom. The van der Waals surface area contributed by atoms with Gasteiger partial charge in [0.25, 0.3) is 0 Å². The quantitative estimate of drug-likeness (QED) is 0.838. The lowest BCUT2D eigenvalue weighted by Crippen LogP contribution is -2.03. The van der Waals surface area contributed by atoms with E-state index < -0.39 is 0 Å². The summed E-state index contributed by atoms with van der Waals surface area (Å²) in [5, 5.41) is 9.12. The molecule has 1 heterocycles. The average Bonchev–Trinajstić information content (AvgIpc) is 2.57. The summed E-state index contributed by atoms with van der Waals surface area (Å²) < 4.78 is 1.86. The molecule has 0 unspecified atom stereocenters. The molecule has 0 spiro atoms. The second kappa shape index (κ2) is 5.61. The molecule has 19 heavy (non-hydrogen) atoms. The van der Waals surface area contributed by atoms with Gasteiger partial charge in [-0.05, 0) is 26.0 Å². The van der Waals surface area contributed by atoms with Crippen LogP contribution in [0.25, 0.3) is 0 Å². The summed E-state index contributed by atoms with van der Waals surface area (Å²) in [6.45, 7) is 4.66. The predicted molar refractivity (Wildman–Crippen MR) is 81.5 cm³/mol. The molecular formula is C13H14Cl3N3. The third-order valence-corrected chi connectivity index (χ3v) is 4.16. The molecule has 0 saturated heterocycles. The van der Waals surface area contributed by atoms with E-state index in [-0.39, 0.29) is 0 Å². The number of rotatable bonds is 3. The van der Waals surface area contributed by atoms with Crippen LogP contribution in [0.4, 0.5) is 5.69 Å². The van der Waals surface area contributed by atoms with Crippen LogP contribution in [-0.4, -0.2) is 9.78 Å². The van der Waals surface area contributed by atoms with Crippen LogP contribution in [0.1, 0.15) is 17.0 Å². The van der Waals surface area contributed by atoms with Gasteiger partial charge in [0.05, 0.1) is 26.4 Å². The molecule has 0 bridgehead atoms. The molecular weight excluding hydrogens is 305 g/mol. The number of nitrogens with zero attached hydrogens (tertiary/aromatic N) is 2. The SMILES string of the molecule is Cc1nn(C)c(C)c1CNc1cc(Cl)c(Cl)cc1Cl. The predicted octanol–water partition coefficient (Wildman–Crippen LogP) is 4.61. The van der Waals surface area contributed by atoms with Gasteiger partial charge >= 0.3 is 0 Å². The van der Waals surface area contributed by atoms with Crippen molar-refractivity contribution in [2.24, 2.45) is 7.05 Å². The first-order chi connectivity index (χ1) is 8.90. The fraction of sp³-hybridized carbons (Fsp3) is 0.308. The Labute approximate surface area is 127 Å². The topological polar surface area (TPSA) is 29.9 Å². The third kappa shape index (κ3) is 2.99. The molecule has 1 N–H and O–H groups in total. The van der Waals surface area contributed by atoms with Crippen molar-refractivity contribution < 1.29 is 0 Å². The van der Waals surface area contributed by atoms with E-state index in [1.165, 1.54) is 0 Å². The van der Waals surface area contributed by atoms with Crippen LogP contribution in [0.5, 0.6) is 0 Å². The van der Waals surface area contributed by atoms with E-state index in [1.54, 1.807) is 12.1 Å². The van der Waals surface area contributed by atoms with Crippen molar-refractivity contribution in [1.29, 1.82) is 0 Å². The molecule has 102 valence electrons. The summed E-state index contributed by atoms with van der Waals surface area (Å²) in [4.78, 5) is 0. The molecule has 0 aliphatic rings. The Balaban J connectivity index is 2.21. The zero-order valence-electron chi connectivity index (χ0n) is 10.9. The summed E-state index contributed by atoms with van der Waals surface area (Å²) in [7, 11) is 1.93. The van der Waals surface area contributed by atoms with Crippen LogP contribution >= 0.6 is 34.8 Å². The Hall–Kier alpha value is -0.900. The van der Waals surface area contributed by atoms with Gasteiger partial charge in [-0.15, -0.1) is 0 Å². The van der Waals surface area contributed by atoms with Crippen molar-refractivity contribution in [2.45, 2.75) is 20.4 Å². The molecule has 0 radical (unpaired) electrons. The first-order valence-electron chi connectivity index (χ1n) is 5.77. The van der Waals surface area contributed by atoms with E-state index in [4.69, 9.17) is 34.8 Å². The van der Waals surface area contributed by atoms with Crippen molar-refractivity contribution in [2.75, 3.05) is 5.32 Å². The van der Waals surface area contributed by atoms with Crippen molar-refractivity contribution in [3.63, 3.8) is 0 Å². The fourth-order valence-electron chi connectivity index (χ4n) is 1.91. The number of anilines is 1. The van der Waals surface area contributed by atoms with Crippen LogP contribution in [0.15, 0.2) is 12.1 Å². The van der Waals surface area contributed by atoms with Crippen LogP contribution in [-0.2, 0) is 13.6 Å². The van der Waals surface area contributed by atoms with Gasteiger partial charge in [-0.2, -0.15) is 5.10 Å². The summed E-state index contributed by atoms with van der Waals surface area (Å²) in [5.41, 5.74) is 4.05. The highest BCUT2D eigenvalue weighted by Crippen LogP contribution is 2.32. The Bertz CT molecular complexity index is 620. The molecule has 0 saturated carbocycles. The van der Waals surface area contributed by atoms with E-state index in [1.807, 2.05) is 25.6 Å². The number of benzene rings is 1. The van der Waals surface area contributed by atoms with Crippen molar-refractivity contribution in [3.05, 3.63) is 44.2 Å². The molecule has 0 atom stereocenters. The van der Waals surface area contributed by atoms with Crippen LogP contribution in [0, 0.1) is 13.8 Å². The zero-order valence-corrected chi connectivity index (χ0v) is 13.2. The molecule has 0 amide bonds. The summed E-state index contributed by atoms with van der Waals surface area (Å²) >= 11 is 18.0. The van der Waals surface area contributed by atoms with Crippen molar-refractivity contribution in [1.82, 2.24) is 9.78 Å². The fourth-order valence-corrected chi connectivity index (χ4v) is 2.53. The third-order valence-electron chi connectivity index (χ3n) is 3.12. The van der Waals surface area contributed by atoms with E-state index >= 15 is 0 Å². The largest absolute Gasteiger partial charge is 0.380 e. The number of hydrogen-bond acceptors (Lipinski definition) is 2. The van der Waals surface area contributed by atoms with Gasteiger partial charge in [0.2, 0.25) is 0 Å². The molecule has 1 aromatic carbocycles. The van der Waals surface area contributed by atoms with Gasteiger partial charge < -0.3 is 5.32 Å². The zero-order chi connectivity index (χ0) is 14.2. The molecule has 2 aromatic rings. The maximum atomic E-state index is 6.13. The summed E-state index contributed by atoms with van der Waals surface area (Å²) in [6.07, 6.45) is 0. The summed E-state index contributed by atoms with van der Waals surface area (Å²) in [6, 6.07) is 3.37. The smallest absolute Gasteiger partial charge is 0.0653 e. The number of halogens is 3. The van der Waals surface area contributed by atoms with Crippen LogP contribution < -0.4 is 5.32 Å². The molecule has 0 aliphatic heterocycles. The Morgan fingerprint density at radius 3 is 2.32 bits per heavy atom. The monoisotopic (exact) mass is 317 g/mol. The minimum atomic E-state index is 0.450. The minimum absolute atomic E-state index is 0.450. The van der Waals surface area contributed by atoms with E-state index in [0.29, 0.717) is 21.6 Å². The van der Waals surface area contributed by atoms with Crippen LogP contribution in [0.3, 0.4) is 0 Å². The Morgan fingerprint density at radius 2 is 1.74 bits per heavy atom. The first-order valence-corrected chi connectivity index (χ1v) is 6.91. The summed E-state index contributed by atoms with van der Waals surface area (Å²) in [5.74, 6) is 0. The lowest BCUT2D eigenvalue weighted by molar-refractivity contribution is 0.730. The van der Waals surface area contributed by atoms with Crippen molar-refractivity contribution in [3.8, 4) is 0 Å². The first kappa shape index (κ1) is 14.5. The molecule has 6 heteroatoms. The van der Waals surface area contributed by atoms with Crippen LogP contribution in [0.2, 0.25) is 15.1 Å². The molecule has 1 aromatic heterocycles. The molecule has 0 fully saturated rings. The number of aryl methyl sites for hydroxylation is 2. The van der Waals surface area contributed by atoms with Gasteiger partial charge in [0, 0.05) is 24.8 Å². The van der Waals surface area contributed by atoms with E-state index in [0.717, 1.165) is 22.6 Å². The maximum Gasteiger partial charge on any atom is 0.0653 e. The average molecular weight is 319 g/mol. The minimum Gasteiger partial charge on any atom is -0.380 e. The van der Waals surface area contributed by atoms with E-state index in [2.05, 4.69) is 10.4 Å². The number of hydrogen-bond donors (Lipinski definition) is 1. The maximum absolute atomic E-state index is 6.13. The standard InChI is InChI=1S/C13H14Cl3N3/c1-7-9(8(2)19(3)18-7)6-17-13-5-11(15)10(14)4-12(13)16/h4-5,17H,6H2,1-3H3.